The number of carbonyl (C=O) groups is 3. The first-order chi connectivity index (χ1) is 11.2. The average Bonchev–Trinajstić information content (AvgIpc) is 2.49. The molecule has 1 aromatic carbocycles. The zero-order valence-corrected chi connectivity index (χ0v) is 19.0. The van der Waals surface area contributed by atoms with Crippen molar-refractivity contribution in [3.8, 4) is 0 Å². The van der Waals surface area contributed by atoms with Crippen LogP contribution in [0.2, 0.25) is 0 Å². The largest absolute Gasteiger partial charge is 0.466 e. The van der Waals surface area contributed by atoms with Gasteiger partial charge in [0.1, 0.15) is 0 Å². The second-order valence-electron chi connectivity index (χ2n) is 4.54. The van der Waals surface area contributed by atoms with Gasteiger partial charge in [0.2, 0.25) is 0 Å². The highest BCUT2D eigenvalue weighted by molar-refractivity contribution is 14.1. The molecule has 8 nitrogen and oxygen atoms in total. The Morgan fingerprint density at radius 1 is 1.12 bits per heavy atom. The summed E-state index contributed by atoms with van der Waals surface area (Å²) in [5, 5.41) is 5.24. The van der Waals surface area contributed by atoms with Crippen LogP contribution in [0.3, 0.4) is 0 Å². The van der Waals surface area contributed by atoms with Gasteiger partial charge in [-0.15, -0.1) is 0 Å². The van der Waals surface area contributed by atoms with Crippen LogP contribution in [0, 0.1) is 10.7 Å². The summed E-state index contributed by atoms with van der Waals surface area (Å²) in [5.74, 6) is -0.694. The molecular formula is C13H15I3N4O4. The lowest BCUT2D eigenvalue weighted by molar-refractivity contribution is -0.140. The van der Waals surface area contributed by atoms with Gasteiger partial charge >= 0.3 is 12.0 Å². The van der Waals surface area contributed by atoms with Gasteiger partial charge in [-0.2, -0.15) is 0 Å². The van der Waals surface area contributed by atoms with Crippen LogP contribution in [0.15, 0.2) is 0 Å². The number of halogens is 3. The van der Waals surface area contributed by atoms with E-state index in [9.17, 15) is 14.4 Å². The maximum absolute atomic E-state index is 12.5. The summed E-state index contributed by atoms with van der Waals surface area (Å²) >= 11 is 5.95. The van der Waals surface area contributed by atoms with Crippen molar-refractivity contribution in [1.82, 2.24) is 5.32 Å². The van der Waals surface area contributed by atoms with Crippen molar-refractivity contribution in [3.63, 3.8) is 0 Å². The van der Waals surface area contributed by atoms with Crippen molar-refractivity contribution in [3.05, 3.63) is 16.3 Å². The molecule has 3 amide bonds. The molecule has 0 unspecified atom stereocenters. The van der Waals surface area contributed by atoms with E-state index < -0.39 is 6.03 Å². The first-order valence-electron chi connectivity index (χ1n) is 6.60. The Balaban J connectivity index is 2.97. The smallest absolute Gasteiger partial charge is 0.316 e. The maximum Gasteiger partial charge on any atom is 0.316 e. The van der Waals surface area contributed by atoms with E-state index in [1.165, 1.54) is 6.92 Å². The van der Waals surface area contributed by atoms with Crippen LogP contribution in [-0.4, -0.2) is 31.1 Å². The van der Waals surface area contributed by atoms with Crippen LogP contribution < -0.4 is 22.1 Å². The zero-order valence-electron chi connectivity index (χ0n) is 12.5. The third-order valence-electron chi connectivity index (χ3n) is 2.74. The highest BCUT2D eigenvalue weighted by Gasteiger charge is 2.23. The van der Waals surface area contributed by atoms with Crippen molar-refractivity contribution < 1.29 is 19.1 Å². The third-order valence-corrected chi connectivity index (χ3v) is 6.06. The summed E-state index contributed by atoms with van der Waals surface area (Å²) in [4.78, 5) is 34.3. The number of amides is 3. The fourth-order valence-electron chi connectivity index (χ4n) is 1.69. The van der Waals surface area contributed by atoms with Gasteiger partial charge in [-0.05, 0) is 74.2 Å². The van der Waals surface area contributed by atoms with Gasteiger partial charge in [-0.1, -0.05) is 0 Å². The van der Waals surface area contributed by atoms with Gasteiger partial charge in [0.05, 0.1) is 34.3 Å². The Morgan fingerprint density at radius 2 is 1.75 bits per heavy atom. The van der Waals surface area contributed by atoms with E-state index in [-0.39, 0.29) is 18.5 Å². The number of hydrogen-bond donors (Lipinski definition) is 4. The number of ether oxygens (including phenoxy) is 1. The number of anilines is 2. The van der Waals surface area contributed by atoms with E-state index in [1.807, 2.05) is 67.8 Å². The van der Waals surface area contributed by atoms with E-state index >= 15 is 0 Å². The minimum Gasteiger partial charge on any atom is -0.466 e. The molecule has 0 aliphatic heterocycles. The average molecular weight is 672 g/mol. The predicted octanol–water partition coefficient (Wildman–Crippen LogP) is 2.26. The molecule has 6 N–H and O–H groups in total. The summed E-state index contributed by atoms with van der Waals surface area (Å²) in [6, 6.07) is -0.737. The maximum atomic E-state index is 12.5. The molecule has 0 bridgehead atoms. The number of primary amides is 1. The second kappa shape index (κ2) is 9.79. The summed E-state index contributed by atoms with van der Waals surface area (Å²) < 4.78 is 6.56. The molecule has 0 spiro atoms. The van der Waals surface area contributed by atoms with Crippen molar-refractivity contribution in [2.24, 2.45) is 5.73 Å². The molecule has 0 saturated carbocycles. The Kier molecular flexibility index (Phi) is 8.75. The quantitative estimate of drug-likeness (QED) is 0.159. The molecular weight excluding hydrogens is 657 g/mol. The molecule has 132 valence electrons. The van der Waals surface area contributed by atoms with Crippen LogP contribution in [0.25, 0.3) is 0 Å². The Morgan fingerprint density at radius 3 is 2.29 bits per heavy atom. The zero-order chi connectivity index (χ0) is 18.4. The number of esters is 1. The number of urea groups is 1. The highest BCUT2D eigenvalue weighted by atomic mass is 127. The molecule has 24 heavy (non-hydrogen) atoms. The van der Waals surface area contributed by atoms with E-state index in [1.54, 1.807) is 0 Å². The lowest BCUT2D eigenvalue weighted by Crippen LogP contribution is -2.29. The Hall–Kier alpha value is -0.580. The normalized spacial score (nSPS) is 10.2. The van der Waals surface area contributed by atoms with Crippen LogP contribution in [0.5, 0.6) is 0 Å². The summed E-state index contributed by atoms with van der Waals surface area (Å²) in [6.45, 7) is 1.89. The SMILES string of the molecule is CC(=O)OCCCNC(=O)c1c(I)c(N)c(I)c(NC(N)=O)c1I. The molecule has 1 aromatic rings. The lowest BCUT2D eigenvalue weighted by Gasteiger charge is -2.17. The van der Waals surface area contributed by atoms with Crippen LogP contribution >= 0.6 is 67.8 Å². The number of nitrogens with one attached hydrogen (secondary N) is 2. The topological polar surface area (TPSA) is 137 Å². The highest BCUT2D eigenvalue weighted by Crippen LogP contribution is 2.37. The van der Waals surface area contributed by atoms with E-state index in [2.05, 4.69) is 10.6 Å². The fourth-order valence-corrected chi connectivity index (χ4v) is 5.62. The first kappa shape index (κ1) is 21.5. The molecule has 0 fully saturated rings. The minimum atomic E-state index is -0.737. The van der Waals surface area contributed by atoms with Crippen LogP contribution in [0.4, 0.5) is 16.2 Å². The van der Waals surface area contributed by atoms with E-state index in [4.69, 9.17) is 16.2 Å². The van der Waals surface area contributed by atoms with Gasteiger partial charge in [0.25, 0.3) is 5.91 Å². The van der Waals surface area contributed by atoms with Gasteiger partial charge in [-0.25, -0.2) is 4.79 Å². The second-order valence-corrected chi connectivity index (χ2v) is 7.78. The number of nitrogens with two attached hydrogens (primary N) is 2. The summed E-state index contributed by atoms with van der Waals surface area (Å²) in [6.07, 6.45) is 0.491. The van der Waals surface area contributed by atoms with Crippen molar-refractivity contribution in [2.45, 2.75) is 13.3 Å². The first-order valence-corrected chi connectivity index (χ1v) is 9.84. The number of hydrogen-bond acceptors (Lipinski definition) is 5. The molecule has 0 heterocycles. The van der Waals surface area contributed by atoms with E-state index in [0.717, 1.165) is 0 Å². The molecule has 0 radical (unpaired) electrons. The molecule has 0 aliphatic carbocycles. The molecule has 0 aromatic heterocycles. The Labute approximate surface area is 179 Å². The molecule has 0 aliphatic rings. The molecule has 0 saturated heterocycles. The number of carbonyl (C=O) groups excluding carboxylic acids is 3. The van der Waals surface area contributed by atoms with Gasteiger partial charge in [0, 0.05) is 13.5 Å². The van der Waals surface area contributed by atoms with Crippen LogP contribution in [0.1, 0.15) is 23.7 Å². The number of benzene rings is 1. The predicted molar refractivity (Wildman–Crippen MR) is 116 cm³/mol. The Bertz CT molecular complexity index is 682. The van der Waals surface area contributed by atoms with Crippen molar-refractivity contribution >= 4 is 97.1 Å². The minimum absolute atomic E-state index is 0.229. The van der Waals surface area contributed by atoms with Gasteiger partial charge in [-0.3, -0.25) is 9.59 Å². The standard InChI is InChI=1S/C13H15I3N4O4/c1-5(21)24-4-2-3-19-12(22)6-7(14)10(17)9(16)11(8(6)15)20-13(18)23/h2-4,17H2,1H3,(H,19,22)(H3,18,20,23). The molecule has 1 rings (SSSR count). The third kappa shape index (κ3) is 5.75. The van der Waals surface area contributed by atoms with Gasteiger partial charge in [0.15, 0.2) is 0 Å². The van der Waals surface area contributed by atoms with Crippen LogP contribution in [-0.2, 0) is 9.53 Å². The van der Waals surface area contributed by atoms with Crippen molar-refractivity contribution in [2.75, 3.05) is 24.2 Å². The number of nitrogen functional groups attached to an aromatic ring is 1. The summed E-state index contributed by atoms with van der Waals surface area (Å²) in [7, 11) is 0. The molecule has 0 atom stereocenters. The summed E-state index contributed by atoms with van der Waals surface area (Å²) in [5.41, 5.74) is 12.4. The van der Waals surface area contributed by atoms with E-state index in [0.29, 0.717) is 40.6 Å². The number of rotatable bonds is 6. The lowest BCUT2D eigenvalue weighted by atomic mass is 10.1. The van der Waals surface area contributed by atoms with Crippen molar-refractivity contribution in [1.29, 1.82) is 0 Å². The van der Waals surface area contributed by atoms with Gasteiger partial charge < -0.3 is 26.8 Å². The fraction of sp³-hybridized carbons (Fsp3) is 0.308. The monoisotopic (exact) mass is 672 g/mol. The molecule has 11 heteroatoms.